The number of hydrogen-bond donors (Lipinski definition) is 3. The Balaban J connectivity index is 2.01. The SMILES string of the molecule is N/C(=N/O)C(CNC1CC=CC1)c1ccccc1. The third-order valence-corrected chi connectivity index (χ3v) is 3.29. The molecule has 0 saturated heterocycles. The summed E-state index contributed by atoms with van der Waals surface area (Å²) in [5, 5.41) is 15.5. The first-order chi connectivity index (χ1) is 8.81. The molecule has 0 heterocycles. The van der Waals surface area contributed by atoms with Crippen LogP contribution in [0.5, 0.6) is 0 Å². The molecule has 0 saturated carbocycles. The second-order valence-corrected chi connectivity index (χ2v) is 4.54. The maximum Gasteiger partial charge on any atom is 0.147 e. The van der Waals surface area contributed by atoms with E-state index in [1.807, 2.05) is 30.3 Å². The van der Waals surface area contributed by atoms with Gasteiger partial charge in [0.05, 0.1) is 5.92 Å². The quantitative estimate of drug-likeness (QED) is 0.244. The van der Waals surface area contributed by atoms with Crippen molar-refractivity contribution >= 4 is 5.84 Å². The fourth-order valence-electron chi connectivity index (χ4n) is 2.22. The van der Waals surface area contributed by atoms with E-state index < -0.39 is 0 Å². The van der Waals surface area contributed by atoms with Gasteiger partial charge in [0.1, 0.15) is 5.84 Å². The molecule has 4 N–H and O–H groups in total. The van der Waals surface area contributed by atoms with Crippen LogP contribution in [0.3, 0.4) is 0 Å². The molecule has 2 rings (SSSR count). The van der Waals surface area contributed by atoms with Gasteiger partial charge in [0, 0.05) is 12.6 Å². The van der Waals surface area contributed by atoms with Crippen molar-refractivity contribution in [3.05, 3.63) is 48.0 Å². The van der Waals surface area contributed by atoms with Crippen LogP contribution in [0.2, 0.25) is 0 Å². The number of benzene rings is 1. The van der Waals surface area contributed by atoms with Crippen molar-refractivity contribution in [1.29, 1.82) is 0 Å². The van der Waals surface area contributed by atoms with Gasteiger partial charge in [-0.3, -0.25) is 0 Å². The Hall–Kier alpha value is -1.81. The Kier molecular flexibility index (Phi) is 4.36. The molecule has 1 atom stereocenters. The summed E-state index contributed by atoms with van der Waals surface area (Å²) in [4.78, 5) is 0. The largest absolute Gasteiger partial charge is 0.409 e. The summed E-state index contributed by atoms with van der Waals surface area (Å²) in [6.45, 7) is 0.687. The average Bonchev–Trinajstić information content (AvgIpc) is 2.93. The van der Waals surface area contributed by atoms with E-state index in [0.717, 1.165) is 18.4 Å². The highest BCUT2D eigenvalue weighted by Gasteiger charge is 2.18. The van der Waals surface area contributed by atoms with Gasteiger partial charge in [-0.15, -0.1) is 0 Å². The second kappa shape index (κ2) is 6.21. The molecule has 0 amide bonds. The summed E-state index contributed by atoms with van der Waals surface area (Å²) in [7, 11) is 0. The van der Waals surface area contributed by atoms with E-state index >= 15 is 0 Å². The van der Waals surface area contributed by atoms with Crippen LogP contribution < -0.4 is 11.1 Å². The summed E-state index contributed by atoms with van der Waals surface area (Å²) in [5.74, 6) is 0.163. The van der Waals surface area contributed by atoms with Gasteiger partial charge in [-0.25, -0.2) is 0 Å². The van der Waals surface area contributed by atoms with Gasteiger partial charge < -0.3 is 16.3 Å². The molecule has 1 aromatic rings. The van der Waals surface area contributed by atoms with Gasteiger partial charge in [-0.1, -0.05) is 47.6 Å². The lowest BCUT2D eigenvalue weighted by atomic mass is 9.97. The van der Waals surface area contributed by atoms with E-state index in [9.17, 15) is 0 Å². The normalized spacial score (nSPS) is 18.1. The van der Waals surface area contributed by atoms with E-state index in [1.54, 1.807) is 0 Å². The summed E-state index contributed by atoms with van der Waals surface area (Å²) in [5.41, 5.74) is 6.84. The molecule has 0 bridgehead atoms. The zero-order valence-corrected chi connectivity index (χ0v) is 10.3. The van der Waals surface area contributed by atoms with Crippen molar-refractivity contribution in [2.45, 2.75) is 24.8 Å². The molecule has 1 aliphatic rings. The molecule has 0 fully saturated rings. The number of nitrogens with zero attached hydrogens (tertiary/aromatic N) is 1. The summed E-state index contributed by atoms with van der Waals surface area (Å²) < 4.78 is 0. The molecule has 18 heavy (non-hydrogen) atoms. The highest BCUT2D eigenvalue weighted by atomic mass is 16.4. The Morgan fingerprint density at radius 1 is 1.33 bits per heavy atom. The lowest BCUT2D eigenvalue weighted by molar-refractivity contribution is 0.315. The number of nitrogens with two attached hydrogens (primary N) is 1. The van der Waals surface area contributed by atoms with Crippen LogP contribution in [0, 0.1) is 0 Å². The van der Waals surface area contributed by atoms with Crippen molar-refractivity contribution in [3.63, 3.8) is 0 Å². The predicted octanol–water partition coefficient (Wildman–Crippen LogP) is 1.82. The lowest BCUT2D eigenvalue weighted by Crippen LogP contribution is -2.36. The minimum Gasteiger partial charge on any atom is -0.409 e. The van der Waals surface area contributed by atoms with Crippen LogP contribution in [-0.2, 0) is 0 Å². The third kappa shape index (κ3) is 3.11. The van der Waals surface area contributed by atoms with Crippen molar-refractivity contribution in [2.24, 2.45) is 10.9 Å². The third-order valence-electron chi connectivity index (χ3n) is 3.29. The topological polar surface area (TPSA) is 70.6 Å². The maximum atomic E-state index is 8.88. The molecule has 0 spiro atoms. The van der Waals surface area contributed by atoms with Crippen LogP contribution in [0.15, 0.2) is 47.6 Å². The summed E-state index contributed by atoms with van der Waals surface area (Å²) >= 11 is 0. The van der Waals surface area contributed by atoms with Crippen LogP contribution in [0.25, 0.3) is 0 Å². The zero-order valence-electron chi connectivity index (χ0n) is 10.3. The Morgan fingerprint density at radius 3 is 2.61 bits per heavy atom. The average molecular weight is 245 g/mol. The fraction of sp³-hybridized carbons (Fsp3) is 0.357. The van der Waals surface area contributed by atoms with E-state index in [-0.39, 0.29) is 11.8 Å². The van der Waals surface area contributed by atoms with Crippen LogP contribution in [-0.4, -0.2) is 23.6 Å². The molecular weight excluding hydrogens is 226 g/mol. The summed E-state index contributed by atoms with van der Waals surface area (Å²) in [6, 6.07) is 10.4. The number of hydrogen-bond acceptors (Lipinski definition) is 3. The first-order valence-electron chi connectivity index (χ1n) is 6.22. The molecule has 96 valence electrons. The predicted molar refractivity (Wildman–Crippen MR) is 72.8 cm³/mol. The molecule has 4 heteroatoms. The first-order valence-corrected chi connectivity index (χ1v) is 6.22. The molecule has 0 aromatic heterocycles. The maximum absolute atomic E-state index is 8.88. The van der Waals surface area contributed by atoms with Gasteiger partial charge >= 0.3 is 0 Å². The molecule has 1 unspecified atom stereocenters. The minimum absolute atomic E-state index is 0.0863. The van der Waals surface area contributed by atoms with Crippen molar-refractivity contribution in [3.8, 4) is 0 Å². The van der Waals surface area contributed by atoms with Crippen molar-refractivity contribution in [1.82, 2.24) is 5.32 Å². The van der Waals surface area contributed by atoms with Gasteiger partial charge in [0.2, 0.25) is 0 Å². The van der Waals surface area contributed by atoms with Gasteiger partial charge in [-0.05, 0) is 18.4 Å². The summed E-state index contributed by atoms with van der Waals surface area (Å²) in [6.07, 6.45) is 6.47. The second-order valence-electron chi connectivity index (χ2n) is 4.54. The first kappa shape index (κ1) is 12.6. The minimum atomic E-state index is -0.0863. The highest BCUT2D eigenvalue weighted by molar-refractivity contribution is 5.87. The fourth-order valence-corrected chi connectivity index (χ4v) is 2.22. The molecule has 0 radical (unpaired) electrons. The highest BCUT2D eigenvalue weighted by Crippen LogP contribution is 2.16. The molecule has 1 aromatic carbocycles. The van der Waals surface area contributed by atoms with E-state index in [1.165, 1.54) is 0 Å². The monoisotopic (exact) mass is 245 g/mol. The Bertz CT molecular complexity index is 420. The van der Waals surface area contributed by atoms with Crippen LogP contribution in [0.1, 0.15) is 24.3 Å². The van der Waals surface area contributed by atoms with Crippen molar-refractivity contribution < 1.29 is 5.21 Å². The van der Waals surface area contributed by atoms with Gasteiger partial charge in [0.15, 0.2) is 0 Å². The smallest absolute Gasteiger partial charge is 0.147 e. The van der Waals surface area contributed by atoms with Crippen LogP contribution in [0.4, 0.5) is 0 Å². The van der Waals surface area contributed by atoms with E-state index in [0.29, 0.717) is 12.6 Å². The van der Waals surface area contributed by atoms with Crippen LogP contribution >= 0.6 is 0 Å². The number of amidine groups is 1. The van der Waals surface area contributed by atoms with Gasteiger partial charge in [0.25, 0.3) is 0 Å². The number of rotatable bonds is 5. The molecule has 0 aliphatic heterocycles. The molecule has 4 nitrogen and oxygen atoms in total. The van der Waals surface area contributed by atoms with E-state index in [2.05, 4.69) is 22.6 Å². The van der Waals surface area contributed by atoms with E-state index in [4.69, 9.17) is 10.9 Å². The van der Waals surface area contributed by atoms with Gasteiger partial charge in [-0.2, -0.15) is 0 Å². The standard InChI is InChI=1S/C14H19N3O/c15-14(17-18)13(11-6-2-1-3-7-11)10-16-12-8-4-5-9-12/h1-7,12-13,16,18H,8-10H2,(H2,15,17). The number of nitrogens with one attached hydrogen (secondary N) is 1. The lowest BCUT2D eigenvalue weighted by Gasteiger charge is -2.19. The molecular formula is C14H19N3O. The zero-order chi connectivity index (χ0) is 12.8. The Labute approximate surface area is 107 Å². The number of oxime groups is 1. The Morgan fingerprint density at radius 2 is 2.00 bits per heavy atom. The van der Waals surface area contributed by atoms with Crippen molar-refractivity contribution in [2.75, 3.05) is 6.54 Å². The molecule has 1 aliphatic carbocycles.